The molecule has 8 heteroatoms. The van der Waals surface area contributed by atoms with Crippen molar-refractivity contribution in [2.45, 2.75) is 0 Å². The molecule has 3 rings (SSSR count). The first-order valence-corrected chi connectivity index (χ1v) is 9.83. The van der Waals surface area contributed by atoms with E-state index in [0.717, 1.165) is 39.3 Å². The number of hydrogen-bond acceptors (Lipinski definition) is 4. The second kappa shape index (κ2) is 6.95. The van der Waals surface area contributed by atoms with Gasteiger partial charge in [-0.25, -0.2) is 17.5 Å². The van der Waals surface area contributed by atoms with Gasteiger partial charge in [0.05, 0.1) is 16.0 Å². The van der Waals surface area contributed by atoms with Gasteiger partial charge in [-0.15, -0.1) is 11.3 Å². The van der Waals surface area contributed by atoms with E-state index >= 15 is 0 Å². The number of rotatable bonds is 4. The Hall–Kier alpha value is -2.22. The lowest BCUT2D eigenvalue weighted by Crippen LogP contribution is -2.29. The summed E-state index contributed by atoms with van der Waals surface area (Å²) >= 11 is 7.26. The molecule has 1 amide bonds. The summed E-state index contributed by atoms with van der Waals surface area (Å²) in [5.74, 6) is -1.54. The number of sulfonamides is 1. The molecule has 25 heavy (non-hydrogen) atoms. The van der Waals surface area contributed by atoms with E-state index in [4.69, 9.17) is 11.6 Å². The van der Waals surface area contributed by atoms with Crippen molar-refractivity contribution >= 4 is 55.0 Å². The van der Waals surface area contributed by atoms with Crippen molar-refractivity contribution in [2.75, 3.05) is 0 Å². The molecule has 0 fully saturated rings. The smallest absolute Gasteiger partial charge is 0.266 e. The number of hydrogen-bond donors (Lipinski definition) is 1. The maximum absolute atomic E-state index is 13.0. The molecule has 1 heterocycles. The maximum atomic E-state index is 13.0. The molecule has 0 bridgehead atoms. The molecule has 2 aromatic carbocycles. The summed E-state index contributed by atoms with van der Waals surface area (Å²) in [6.45, 7) is 0. The lowest BCUT2D eigenvalue weighted by atomic mass is 10.2. The number of carbonyl (C=O) groups excluding carboxylic acids is 1. The number of carbonyl (C=O) groups is 1. The molecule has 0 aliphatic rings. The lowest BCUT2D eigenvalue weighted by Gasteiger charge is -2.05. The quantitative estimate of drug-likeness (QED) is 0.711. The predicted octanol–water partition coefficient (Wildman–Crippen LogP) is 4.42. The van der Waals surface area contributed by atoms with Crippen LogP contribution in [0.1, 0.15) is 15.9 Å². The van der Waals surface area contributed by atoms with Gasteiger partial charge in [0.2, 0.25) is 0 Å². The number of nitrogens with one attached hydrogen (secondary N) is 1. The Morgan fingerprint density at radius 3 is 2.72 bits per heavy atom. The molecule has 0 spiro atoms. The molecule has 0 saturated carbocycles. The Morgan fingerprint density at radius 2 is 1.96 bits per heavy atom. The highest BCUT2D eigenvalue weighted by Gasteiger charge is 2.16. The molecule has 3 aromatic rings. The molecule has 0 radical (unpaired) electrons. The Morgan fingerprint density at radius 1 is 1.20 bits per heavy atom. The Labute approximate surface area is 152 Å². The van der Waals surface area contributed by atoms with Crippen LogP contribution in [0, 0.1) is 5.82 Å². The van der Waals surface area contributed by atoms with Gasteiger partial charge in [-0.2, -0.15) is 0 Å². The second-order valence-corrected chi connectivity index (χ2v) is 7.98. The fourth-order valence-electron chi connectivity index (χ4n) is 2.18. The van der Waals surface area contributed by atoms with E-state index in [1.54, 1.807) is 0 Å². The summed E-state index contributed by atoms with van der Waals surface area (Å²) in [5, 5.41) is 3.50. The van der Waals surface area contributed by atoms with Crippen LogP contribution in [0.3, 0.4) is 0 Å². The van der Waals surface area contributed by atoms with Crippen LogP contribution in [0.2, 0.25) is 5.02 Å². The first-order valence-electron chi connectivity index (χ1n) is 7.02. The van der Waals surface area contributed by atoms with Crippen molar-refractivity contribution in [3.8, 4) is 0 Å². The molecule has 0 aliphatic heterocycles. The minimum absolute atomic E-state index is 0.124. The zero-order valence-corrected chi connectivity index (χ0v) is 15.0. The summed E-state index contributed by atoms with van der Waals surface area (Å²) in [6.07, 6.45) is 1.42. The highest BCUT2D eigenvalue weighted by molar-refractivity contribution is 7.93. The standard InChI is InChI=1S/C17H11ClFNO3S2/c18-15-9-12(19)5-6-14(15)17(21)20-25(22,23)8-7-11-10-24-16-4-2-1-3-13(11)16/h1-10H,(H,20,21). The van der Waals surface area contributed by atoms with E-state index < -0.39 is 21.7 Å². The molecule has 0 atom stereocenters. The van der Waals surface area contributed by atoms with Crippen LogP contribution in [0.25, 0.3) is 16.2 Å². The van der Waals surface area contributed by atoms with Crippen molar-refractivity contribution in [3.63, 3.8) is 0 Å². The van der Waals surface area contributed by atoms with Gasteiger partial charge >= 0.3 is 0 Å². The van der Waals surface area contributed by atoms with E-state index in [0.29, 0.717) is 0 Å². The van der Waals surface area contributed by atoms with Gasteiger partial charge in [0, 0.05) is 4.70 Å². The van der Waals surface area contributed by atoms with Gasteiger partial charge in [0.25, 0.3) is 15.9 Å². The molecule has 0 unspecified atom stereocenters. The molecule has 128 valence electrons. The Kier molecular flexibility index (Phi) is 4.89. The molecule has 1 aromatic heterocycles. The monoisotopic (exact) mass is 395 g/mol. The summed E-state index contributed by atoms with van der Waals surface area (Å²) in [6, 6.07) is 10.7. The predicted molar refractivity (Wildman–Crippen MR) is 98.7 cm³/mol. The number of fused-ring (bicyclic) bond motifs is 1. The maximum Gasteiger partial charge on any atom is 0.266 e. The lowest BCUT2D eigenvalue weighted by molar-refractivity contribution is 0.0982. The topological polar surface area (TPSA) is 63.2 Å². The van der Waals surface area contributed by atoms with E-state index in [2.05, 4.69) is 0 Å². The van der Waals surface area contributed by atoms with Crippen LogP contribution in [0.5, 0.6) is 0 Å². The molecule has 1 N–H and O–H groups in total. The van der Waals surface area contributed by atoms with Crippen LogP contribution in [0.15, 0.2) is 53.3 Å². The number of amides is 1. The third-order valence-electron chi connectivity index (χ3n) is 3.35. The summed E-state index contributed by atoms with van der Waals surface area (Å²) in [5.41, 5.74) is 0.610. The van der Waals surface area contributed by atoms with Crippen molar-refractivity contribution in [1.82, 2.24) is 4.72 Å². The van der Waals surface area contributed by atoms with Gasteiger partial charge in [0.1, 0.15) is 5.82 Å². The average Bonchev–Trinajstić information content (AvgIpc) is 2.95. The van der Waals surface area contributed by atoms with Crippen LogP contribution in [-0.4, -0.2) is 14.3 Å². The van der Waals surface area contributed by atoms with Crippen molar-refractivity contribution < 1.29 is 17.6 Å². The minimum Gasteiger partial charge on any atom is -0.268 e. The molecule has 0 aliphatic carbocycles. The van der Waals surface area contributed by atoms with E-state index in [-0.39, 0.29) is 10.6 Å². The summed E-state index contributed by atoms with van der Waals surface area (Å²) < 4.78 is 40.1. The second-order valence-electron chi connectivity index (χ2n) is 5.09. The zero-order chi connectivity index (χ0) is 18.0. The fraction of sp³-hybridized carbons (Fsp3) is 0. The highest BCUT2D eigenvalue weighted by Crippen LogP contribution is 2.26. The minimum atomic E-state index is -4.03. The van der Waals surface area contributed by atoms with E-state index in [9.17, 15) is 17.6 Å². The van der Waals surface area contributed by atoms with Gasteiger partial charge < -0.3 is 0 Å². The Balaban J connectivity index is 1.81. The first kappa shape index (κ1) is 17.6. The van der Waals surface area contributed by atoms with Crippen molar-refractivity contribution in [3.05, 3.63) is 75.2 Å². The number of benzene rings is 2. The van der Waals surface area contributed by atoms with Gasteiger partial charge in [-0.3, -0.25) is 4.79 Å². The highest BCUT2D eigenvalue weighted by atomic mass is 35.5. The van der Waals surface area contributed by atoms with Crippen LogP contribution in [0.4, 0.5) is 4.39 Å². The largest absolute Gasteiger partial charge is 0.268 e. The van der Waals surface area contributed by atoms with Gasteiger partial charge in [-0.05, 0) is 46.7 Å². The number of thiophene rings is 1. The number of halogens is 2. The molecule has 4 nitrogen and oxygen atoms in total. The summed E-state index contributed by atoms with van der Waals surface area (Å²) in [7, 11) is -4.03. The third-order valence-corrected chi connectivity index (χ3v) is 5.61. The summed E-state index contributed by atoms with van der Waals surface area (Å²) in [4.78, 5) is 12.0. The van der Waals surface area contributed by atoms with Gasteiger partial charge in [0.15, 0.2) is 0 Å². The Bertz CT molecular complexity index is 1090. The SMILES string of the molecule is O=C(NS(=O)(=O)C=Cc1csc2ccccc12)c1ccc(F)cc1Cl. The van der Waals surface area contributed by atoms with Gasteiger partial charge in [-0.1, -0.05) is 29.8 Å². The molecule has 0 saturated heterocycles. The van der Waals surface area contributed by atoms with Crippen molar-refractivity contribution in [2.24, 2.45) is 0 Å². The van der Waals surface area contributed by atoms with E-state index in [1.165, 1.54) is 17.4 Å². The molecular formula is C17H11ClFNO3S2. The van der Waals surface area contributed by atoms with Crippen LogP contribution < -0.4 is 4.72 Å². The normalized spacial score (nSPS) is 11.9. The van der Waals surface area contributed by atoms with Crippen LogP contribution in [-0.2, 0) is 10.0 Å². The third kappa shape index (κ3) is 4.07. The first-order chi connectivity index (χ1) is 11.9. The van der Waals surface area contributed by atoms with Crippen molar-refractivity contribution in [1.29, 1.82) is 0 Å². The van der Waals surface area contributed by atoms with Crippen LogP contribution >= 0.6 is 22.9 Å². The molecular weight excluding hydrogens is 385 g/mol. The average molecular weight is 396 g/mol. The zero-order valence-electron chi connectivity index (χ0n) is 12.6. The van der Waals surface area contributed by atoms with E-state index in [1.807, 2.05) is 34.4 Å². The fourth-order valence-corrected chi connectivity index (χ4v) is 4.13.